The molecule has 2 aromatic rings. The van der Waals surface area contributed by atoms with Crippen LogP contribution in [0.4, 0.5) is 0 Å². The first kappa shape index (κ1) is 11.3. The van der Waals surface area contributed by atoms with Gasteiger partial charge in [-0.1, -0.05) is 46.4 Å². The molecule has 1 aromatic heterocycles. The summed E-state index contributed by atoms with van der Waals surface area (Å²) >= 11 is 23.2. The molecule has 0 saturated heterocycles. The van der Waals surface area contributed by atoms with Crippen molar-refractivity contribution in [2.45, 2.75) is 3.79 Å². The number of fused-ring (bicyclic) bond motifs is 1. The first-order valence-corrected chi connectivity index (χ1v) is 5.60. The maximum absolute atomic E-state index is 5.87. The zero-order chi connectivity index (χ0) is 11.2. The topological polar surface area (TPSA) is 17.8 Å². The number of rotatable bonds is 0. The zero-order valence-corrected chi connectivity index (χ0v) is 10.7. The Balaban J connectivity index is 2.76. The first-order valence-electron chi connectivity index (χ1n) is 4.09. The summed E-state index contributed by atoms with van der Waals surface area (Å²) in [4.78, 5) is 4.23. The second-order valence-electron chi connectivity index (χ2n) is 3.13. The summed E-state index contributed by atoms with van der Waals surface area (Å²) in [6.45, 7) is 0. The minimum atomic E-state index is -1.53. The van der Waals surface area contributed by atoms with Crippen molar-refractivity contribution in [1.29, 1.82) is 0 Å². The predicted molar refractivity (Wildman–Crippen MR) is 65.0 cm³/mol. The van der Waals surface area contributed by atoms with Gasteiger partial charge in [-0.2, -0.15) is 0 Å². The minimum absolute atomic E-state index is 0.379. The van der Waals surface area contributed by atoms with Gasteiger partial charge in [0.2, 0.25) is 3.79 Å². The van der Waals surface area contributed by atoms with Crippen molar-refractivity contribution < 1.29 is 0 Å². The number of alkyl halides is 3. The summed E-state index contributed by atoms with van der Waals surface area (Å²) in [6, 6.07) is 5.32. The molecule has 0 aliphatic carbocycles. The van der Waals surface area contributed by atoms with E-state index in [4.69, 9.17) is 46.4 Å². The van der Waals surface area contributed by atoms with E-state index in [1.807, 2.05) is 0 Å². The Kier molecular flexibility index (Phi) is 2.80. The van der Waals surface area contributed by atoms with Crippen LogP contribution in [-0.4, -0.2) is 9.55 Å². The van der Waals surface area contributed by atoms with Crippen LogP contribution in [0, 0.1) is 0 Å². The van der Waals surface area contributed by atoms with Gasteiger partial charge in [0.15, 0.2) is 5.82 Å². The quantitative estimate of drug-likeness (QED) is 0.667. The third-order valence-corrected chi connectivity index (χ3v) is 2.84. The number of benzene rings is 1. The molecule has 0 amide bonds. The summed E-state index contributed by atoms with van der Waals surface area (Å²) < 4.78 is 0.189. The average Bonchev–Trinajstić information content (AvgIpc) is 2.43. The van der Waals surface area contributed by atoms with Crippen LogP contribution in [0.5, 0.6) is 0 Å². The Bertz CT molecular complexity index is 513. The van der Waals surface area contributed by atoms with Gasteiger partial charge >= 0.3 is 0 Å². The molecule has 2 nitrogen and oxygen atoms in total. The summed E-state index contributed by atoms with van der Waals surface area (Å²) in [5.41, 5.74) is 1.59. The molecule has 0 spiro atoms. The number of aromatic nitrogens is 2. The fraction of sp³-hybridized carbons (Fsp3) is 0.222. The SMILES string of the molecule is Cn1c(C(Cl)(Cl)Cl)nc2ccc(Cl)cc21. The van der Waals surface area contributed by atoms with E-state index in [-0.39, 0.29) is 0 Å². The summed E-state index contributed by atoms with van der Waals surface area (Å²) in [5.74, 6) is 0.379. The van der Waals surface area contributed by atoms with Crippen molar-refractivity contribution in [2.75, 3.05) is 0 Å². The summed E-state index contributed by atoms with van der Waals surface area (Å²) in [5, 5.41) is 0.626. The van der Waals surface area contributed by atoms with Crippen molar-refractivity contribution in [1.82, 2.24) is 9.55 Å². The molecule has 15 heavy (non-hydrogen) atoms. The van der Waals surface area contributed by atoms with E-state index in [0.717, 1.165) is 11.0 Å². The molecule has 0 radical (unpaired) electrons. The Hall–Kier alpha value is -0.150. The van der Waals surface area contributed by atoms with Crippen molar-refractivity contribution in [3.8, 4) is 0 Å². The fourth-order valence-electron chi connectivity index (χ4n) is 1.42. The van der Waals surface area contributed by atoms with Crippen LogP contribution >= 0.6 is 46.4 Å². The third kappa shape index (κ3) is 2.04. The second-order valence-corrected chi connectivity index (χ2v) is 5.84. The highest BCUT2D eigenvalue weighted by Crippen LogP contribution is 2.38. The lowest BCUT2D eigenvalue weighted by molar-refractivity contribution is 0.841. The average molecular weight is 284 g/mol. The van der Waals surface area contributed by atoms with E-state index in [0.29, 0.717) is 10.8 Å². The summed E-state index contributed by atoms with van der Waals surface area (Å²) in [6.07, 6.45) is 0. The van der Waals surface area contributed by atoms with Gasteiger partial charge in [-0.15, -0.1) is 0 Å². The monoisotopic (exact) mass is 282 g/mol. The van der Waals surface area contributed by atoms with Gasteiger partial charge in [0.1, 0.15) is 0 Å². The Morgan fingerprint density at radius 2 is 1.93 bits per heavy atom. The number of hydrogen-bond acceptors (Lipinski definition) is 1. The van der Waals surface area contributed by atoms with E-state index in [9.17, 15) is 0 Å². The maximum Gasteiger partial charge on any atom is 0.248 e. The van der Waals surface area contributed by atoms with E-state index in [2.05, 4.69) is 4.98 Å². The highest BCUT2D eigenvalue weighted by molar-refractivity contribution is 6.66. The lowest BCUT2D eigenvalue weighted by Gasteiger charge is -2.09. The molecule has 0 bridgehead atoms. The van der Waals surface area contributed by atoms with Crippen molar-refractivity contribution in [3.05, 3.63) is 29.0 Å². The van der Waals surface area contributed by atoms with Crippen molar-refractivity contribution in [3.63, 3.8) is 0 Å². The van der Waals surface area contributed by atoms with E-state index >= 15 is 0 Å². The van der Waals surface area contributed by atoms with E-state index in [1.165, 1.54) is 0 Å². The largest absolute Gasteiger partial charge is 0.327 e. The molecule has 0 aliphatic rings. The molecule has 0 fully saturated rings. The van der Waals surface area contributed by atoms with Crippen LogP contribution in [0.1, 0.15) is 5.82 Å². The molecular weight excluding hydrogens is 278 g/mol. The zero-order valence-electron chi connectivity index (χ0n) is 7.64. The van der Waals surface area contributed by atoms with Crippen LogP contribution in [0.2, 0.25) is 5.02 Å². The molecule has 0 N–H and O–H groups in total. The Morgan fingerprint density at radius 1 is 1.27 bits per heavy atom. The number of imidazole rings is 1. The molecule has 0 aliphatic heterocycles. The van der Waals surface area contributed by atoms with Crippen LogP contribution in [0.25, 0.3) is 11.0 Å². The van der Waals surface area contributed by atoms with Crippen molar-refractivity contribution in [2.24, 2.45) is 7.05 Å². The molecule has 0 saturated carbocycles. The Labute approximate surface area is 107 Å². The molecular formula is C9H6Cl4N2. The van der Waals surface area contributed by atoms with Crippen LogP contribution in [0.15, 0.2) is 18.2 Å². The third-order valence-electron chi connectivity index (χ3n) is 2.10. The molecule has 80 valence electrons. The number of hydrogen-bond donors (Lipinski definition) is 0. The standard InChI is InChI=1S/C9H6Cl4N2/c1-15-7-4-5(10)2-3-6(7)14-8(15)9(11,12)13/h2-4H,1H3. The molecule has 6 heteroatoms. The molecule has 2 rings (SSSR count). The lowest BCUT2D eigenvalue weighted by atomic mass is 10.3. The van der Waals surface area contributed by atoms with Gasteiger partial charge in [0.05, 0.1) is 11.0 Å². The highest BCUT2D eigenvalue weighted by Gasteiger charge is 2.29. The normalized spacial score (nSPS) is 12.3. The van der Waals surface area contributed by atoms with Crippen LogP contribution in [-0.2, 0) is 10.8 Å². The molecule has 1 aromatic carbocycles. The molecule has 0 atom stereocenters. The smallest absolute Gasteiger partial charge is 0.248 e. The molecule has 1 heterocycles. The van der Waals surface area contributed by atoms with Gasteiger partial charge in [0.25, 0.3) is 0 Å². The van der Waals surface area contributed by atoms with Gasteiger partial charge in [0, 0.05) is 12.1 Å². The molecule has 0 unspecified atom stereocenters. The van der Waals surface area contributed by atoms with Crippen molar-refractivity contribution >= 4 is 57.4 Å². The minimum Gasteiger partial charge on any atom is -0.327 e. The first-order chi connectivity index (χ1) is 6.89. The maximum atomic E-state index is 5.87. The van der Waals surface area contributed by atoms with Crippen LogP contribution < -0.4 is 0 Å². The van der Waals surface area contributed by atoms with E-state index in [1.54, 1.807) is 29.8 Å². The van der Waals surface area contributed by atoms with Gasteiger partial charge in [-0.25, -0.2) is 4.98 Å². The summed E-state index contributed by atoms with van der Waals surface area (Å²) in [7, 11) is 1.78. The fourth-order valence-corrected chi connectivity index (χ4v) is 2.09. The second kappa shape index (κ2) is 3.70. The highest BCUT2D eigenvalue weighted by atomic mass is 35.6. The number of halogens is 4. The van der Waals surface area contributed by atoms with Gasteiger partial charge < -0.3 is 4.57 Å². The van der Waals surface area contributed by atoms with Gasteiger partial charge in [-0.05, 0) is 18.2 Å². The van der Waals surface area contributed by atoms with Crippen LogP contribution in [0.3, 0.4) is 0 Å². The predicted octanol–water partition coefficient (Wildman–Crippen LogP) is 4.05. The van der Waals surface area contributed by atoms with E-state index < -0.39 is 3.79 Å². The number of aryl methyl sites for hydroxylation is 1. The number of nitrogens with zero attached hydrogens (tertiary/aromatic N) is 2. The lowest BCUT2D eigenvalue weighted by Crippen LogP contribution is -2.08. The van der Waals surface area contributed by atoms with Gasteiger partial charge in [-0.3, -0.25) is 0 Å². The Morgan fingerprint density at radius 3 is 2.53 bits per heavy atom.